The maximum Gasteiger partial charge on any atom is 0.253 e. The molecular weight excluding hydrogens is 312 g/mol. The van der Waals surface area contributed by atoms with E-state index in [9.17, 15) is 9.59 Å². The third-order valence-corrected chi connectivity index (χ3v) is 4.84. The van der Waals surface area contributed by atoms with Gasteiger partial charge in [-0.05, 0) is 18.4 Å². The van der Waals surface area contributed by atoms with Gasteiger partial charge in [0.1, 0.15) is 11.1 Å². The maximum atomic E-state index is 12.9. The zero-order valence-corrected chi connectivity index (χ0v) is 13.4. The number of nitrogen functional groups attached to an aromatic ring is 1. The smallest absolute Gasteiger partial charge is 0.253 e. The minimum absolute atomic E-state index is 0.0452. The van der Waals surface area contributed by atoms with Crippen molar-refractivity contribution < 1.29 is 4.79 Å². The molecule has 6 nitrogen and oxygen atoms in total. The lowest BCUT2D eigenvalue weighted by molar-refractivity contribution is -0.129. The number of aromatic nitrogens is 2. The van der Waals surface area contributed by atoms with Gasteiger partial charge in [-0.1, -0.05) is 42.1 Å². The van der Waals surface area contributed by atoms with Crippen molar-refractivity contribution in [1.29, 1.82) is 0 Å². The minimum Gasteiger partial charge on any atom is -0.383 e. The summed E-state index contributed by atoms with van der Waals surface area (Å²) in [7, 11) is 0. The van der Waals surface area contributed by atoms with Gasteiger partial charge in [0.05, 0.1) is 0 Å². The van der Waals surface area contributed by atoms with Gasteiger partial charge in [0.2, 0.25) is 5.91 Å². The van der Waals surface area contributed by atoms with Crippen molar-refractivity contribution in [1.82, 2.24) is 14.9 Å². The molecule has 1 fully saturated rings. The molecule has 23 heavy (non-hydrogen) atoms. The van der Waals surface area contributed by atoms with Crippen LogP contribution in [-0.4, -0.2) is 33.9 Å². The third-order valence-electron chi connectivity index (χ3n) is 3.71. The molecule has 2 heterocycles. The van der Waals surface area contributed by atoms with E-state index in [0.717, 1.165) is 31.5 Å². The molecule has 3 rings (SSSR count). The summed E-state index contributed by atoms with van der Waals surface area (Å²) in [6.45, 7) is 1.56. The summed E-state index contributed by atoms with van der Waals surface area (Å²) in [5, 5.41) is -0.0874. The fraction of sp³-hybridized carbons (Fsp3) is 0.312. The Morgan fingerprint density at radius 2 is 1.96 bits per heavy atom. The summed E-state index contributed by atoms with van der Waals surface area (Å²) < 4.78 is 0. The number of hydrogen-bond donors (Lipinski definition) is 2. The Balaban J connectivity index is 1.91. The van der Waals surface area contributed by atoms with E-state index >= 15 is 0 Å². The molecule has 1 amide bonds. The standard InChI is InChI=1S/C16H18N4O2S/c17-12-10-13(21)19-16(18-12)23-14(11-6-2-1-3-7-11)15(22)20-8-4-5-9-20/h1-3,6-7,10,14H,4-5,8-9H2,(H3,17,18,19,21). The lowest BCUT2D eigenvalue weighted by atomic mass is 10.1. The fourth-order valence-corrected chi connectivity index (χ4v) is 3.70. The average Bonchev–Trinajstić information content (AvgIpc) is 3.06. The molecule has 1 unspecified atom stereocenters. The fourth-order valence-electron chi connectivity index (χ4n) is 2.61. The first-order chi connectivity index (χ1) is 11.1. The monoisotopic (exact) mass is 330 g/mol. The predicted octanol–water partition coefficient (Wildman–Crippen LogP) is 1.81. The first kappa shape index (κ1) is 15.6. The molecule has 7 heteroatoms. The van der Waals surface area contributed by atoms with Crippen LogP contribution in [0.2, 0.25) is 0 Å². The molecule has 3 N–H and O–H groups in total. The number of amides is 1. The van der Waals surface area contributed by atoms with E-state index in [1.54, 1.807) is 0 Å². The van der Waals surface area contributed by atoms with Gasteiger partial charge in [-0.2, -0.15) is 0 Å². The maximum absolute atomic E-state index is 12.9. The van der Waals surface area contributed by atoms with Crippen LogP contribution in [0.25, 0.3) is 0 Å². The Morgan fingerprint density at radius 1 is 1.26 bits per heavy atom. The molecule has 120 valence electrons. The summed E-state index contributed by atoms with van der Waals surface area (Å²) in [5.41, 5.74) is 6.20. The van der Waals surface area contributed by atoms with Crippen molar-refractivity contribution in [2.45, 2.75) is 23.2 Å². The molecule has 1 aliphatic rings. The average molecular weight is 330 g/mol. The number of anilines is 1. The number of likely N-dealkylation sites (tertiary alicyclic amines) is 1. The van der Waals surface area contributed by atoms with Gasteiger partial charge in [-0.25, -0.2) is 4.98 Å². The Kier molecular flexibility index (Phi) is 4.66. The number of carbonyl (C=O) groups excluding carboxylic acids is 1. The quantitative estimate of drug-likeness (QED) is 0.659. The van der Waals surface area contributed by atoms with E-state index in [1.807, 2.05) is 35.2 Å². The molecule has 0 radical (unpaired) electrons. The van der Waals surface area contributed by atoms with Gasteiger partial charge in [-0.15, -0.1) is 0 Å². The lowest BCUT2D eigenvalue weighted by Crippen LogP contribution is -2.31. The van der Waals surface area contributed by atoms with Crippen molar-refractivity contribution in [3.05, 3.63) is 52.3 Å². The number of nitrogens with one attached hydrogen (secondary N) is 1. The first-order valence-corrected chi connectivity index (χ1v) is 8.39. The molecule has 0 bridgehead atoms. The van der Waals surface area contributed by atoms with E-state index in [2.05, 4.69) is 9.97 Å². The molecule has 0 spiro atoms. The second-order valence-corrected chi connectivity index (χ2v) is 6.51. The zero-order valence-electron chi connectivity index (χ0n) is 12.6. The molecular formula is C16H18N4O2S. The van der Waals surface area contributed by atoms with Crippen molar-refractivity contribution in [2.24, 2.45) is 0 Å². The second-order valence-electron chi connectivity index (χ2n) is 5.42. The van der Waals surface area contributed by atoms with Crippen molar-refractivity contribution >= 4 is 23.5 Å². The Morgan fingerprint density at radius 3 is 2.61 bits per heavy atom. The van der Waals surface area contributed by atoms with Gasteiger partial charge >= 0.3 is 0 Å². The highest BCUT2D eigenvalue weighted by atomic mass is 32.2. The van der Waals surface area contributed by atoms with E-state index < -0.39 is 5.25 Å². The van der Waals surface area contributed by atoms with E-state index in [4.69, 9.17) is 5.73 Å². The van der Waals surface area contributed by atoms with Crippen LogP contribution in [0, 0.1) is 0 Å². The molecule has 0 aliphatic carbocycles. The Labute approximate surface area is 138 Å². The molecule has 1 aromatic heterocycles. The minimum atomic E-state index is -0.445. The van der Waals surface area contributed by atoms with Gasteiger partial charge in [0, 0.05) is 19.2 Å². The predicted molar refractivity (Wildman–Crippen MR) is 90.1 cm³/mol. The number of aromatic amines is 1. The number of nitrogens with two attached hydrogens (primary N) is 1. The van der Waals surface area contributed by atoms with Crippen molar-refractivity contribution in [3.8, 4) is 0 Å². The van der Waals surface area contributed by atoms with E-state index in [-0.39, 0.29) is 17.3 Å². The summed E-state index contributed by atoms with van der Waals surface area (Å²) in [4.78, 5) is 33.1. The Bertz CT molecular complexity index is 741. The van der Waals surface area contributed by atoms with Gasteiger partial charge in [-0.3, -0.25) is 9.59 Å². The van der Waals surface area contributed by atoms with Crippen molar-refractivity contribution in [3.63, 3.8) is 0 Å². The molecule has 0 saturated carbocycles. The van der Waals surface area contributed by atoms with Crippen LogP contribution in [0.3, 0.4) is 0 Å². The second kappa shape index (κ2) is 6.87. The zero-order chi connectivity index (χ0) is 16.2. The van der Waals surface area contributed by atoms with Crippen molar-refractivity contribution in [2.75, 3.05) is 18.8 Å². The number of carbonyl (C=O) groups is 1. The largest absolute Gasteiger partial charge is 0.383 e. The molecule has 1 saturated heterocycles. The topological polar surface area (TPSA) is 92.1 Å². The van der Waals surface area contributed by atoms with Crippen LogP contribution in [-0.2, 0) is 4.79 Å². The van der Waals surface area contributed by atoms with Crippen LogP contribution < -0.4 is 11.3 Å². The highest BCUT2D eigenvalue weighted by Crippen LogP contribution is 2.35. The van der Waals surface area contributed by atoms with Crippen LogP contribution in [0.1, 0.15) is 23.7 Å². The molecule has 1 aliphatic heterocycles. The SMILES string of the molecule is Nc1cc(=O)[nH]c(SC(C(=O)N2CCCC2)c2ccccc2)n1. The van der Waals surface area contributed by atoms with Crippen LogP contribution in [0.15, 0.2) is 46.3 Å². The molecule has 1 aromatic carbocycles. The number of thioether (sulfide) groups is 1. The highest BCUT2D eigenvalue weighted by Gasteiger charge is 2.29. The molecule has 1 atom stereocenters. The van der Waals surface area contributed by atoms with E-state index in [1.165, 1.54) is 17.8 Å². The first-order valence-electron chi connectivity index (χ1n) is 7.51. The third kappa shape index (κ3) is 3.73. The molecule has 2 aromatic rings. The summed E-state index contributed by atoms with van der Waals surface area (Å²) in [6.07, 6.45) is 2.07. The lowest BCUT2D eigenvalue weighted by Gasteiger charge is -2.22. The number of nitrogens with zero attached hydrogens (tertiary/aromatic N) is 2. The number of rotatable bonds is 4. The van der Waals surface area contributed by atoms with Crippen LogP contribution >= 0.6 is 11.8 Å². The highest BCUT2D eigenvalue weighted by molar-refractivity contribution is 8.00. The summed E-state index contributed by atoms with van der Waals surface area (Å²) in [5.74, 6) is 0.195. The van der Waals surface area contributed by atoms with Crippen LogP contribution in [0.4, 0.5) is 5.82 Å². The summed E-state index contributed by atoms with van der Waals surface area (Å²) in [6, 6.07) is 10.8. The Hall–Kier alpha value is -2.28. The van der Waals surface area contributed by atoms with E-state index in [0.29, 0.717) is 5.16 Å². The van der Waals surface area contributed by atoms with Gasteiger partial charge < -0.3 is 15.6 Å². The van der Waals surface area contributed by atoms with Gasteiger partial charge in [0.25, 0.3) is 5.56 Å². The van der Waals surface area contributed by atoms with Crippen LogP contribution in [0.5, 0.6) is 0 Å². The number of benzene rings is 1. The summed E-state index contributed by atoms with van der Waals surface area (Å²) >= 11 is 1.23. The van der Waals surface area contributed by atoms with Gasteiger partial charge in [0.15, 0.2) is 5.16 Å². The normalized spacial score (nSPS) is 15.6. The number of hydrogen-bond acceptors (Lipinski definition) is 5. The number of H-pyrrole nitrogens is 1.